The third kappa shape index (κ3) is 6.04. The summed E-state index contributed by atoms with van der Waals surface area (Å²) in [5, 5.41) is 3.50. The van der Waals surface area contributed by atoms with Gasteiger partial charge in [-0.3, -0.25) is 4.90 Å². The molecule has 0 atom stereocenters. The first kappa shape index (κ1) is 17.2. The summed E-state index contributed by atoms with van der Waals surface area (Å²) >= 11 is 0. The molecule has 0 aliphatic heterocycles. The van der Waals surface area contributed by atoms with Gasteiger partial charge in [0.05, 0.1) is 6.61 Å². The van der Waals surface area contributed by atoms with Crippen LogP contribution in [-0.2, 0) is 17.8 Å². The van der Waals surface area contributed by atoms with Gasteiger partial charge in [0.25, 0.3) is 0 Å². The van der Waals surface area contributed by atoms with Crippen LogP contribution in [0.2, 0.25) is 0 Å². The van der Waals surface area contributed by atoms with Crippen molar-refractivity contribution >= 4 is 0 Å². The first-order valence-electron chi connectivity index (χ1n) is 7.57. The minimum Gasteiger partial charge on any atom is -0.383 e. The van der Waals surface area contributed by atoms with E-state index in [9.17, 15) is 0 Å². The van der Waals surface area contributed by atoms with Gasteiger partial charge in [-0.2, -0.15) is 0 Å². The van der Waals surface area contributed by atoms with Crippen LogP contribution in [0.1, 0.15) is 38.8 Å². The first-order valence-corrected chi connectivity index (χ1v) is 7.57. The fourth-order valence-electron chi connectivity index (χ4n) is 2.15. The average Bonchev–Trinajstić information content (AvgIpc) is 2.41. The van der Waals surface area contributed by atoms with Crippen molar-refractivity contribution < 1.29 is 4.74 Å². The molecular weight excluding hydrogens is 248 g/mol. The molecule has 0 amide bonds. The third-order valence-electron chi connectivity index (χ3n) is 3.51. The lowest BCUT2D eigenvalue weighted by molar-refractivity contribution is 0.124. The second-order valence-corrected chi connectivity index (χ2v) is 5.86. The predicted molar refractivity (Wildman–Crippen MR) is 85.8 cm³/mol. The SMILES string of the molecule is COCCN(Cc1ccccc1CNC(C)C)C(C)C. The summed E-state index contributed by atoms with van der Waals surface area (Å²) in [5.74, 6) is 0. The molecule has 0 spiro atoms. The lowest BCUT2D eigenvalue weighted by atomic mass is 10.1. The second-order valence-electron chi connectivity index (χ2n) is 5.86. The molecule has 0 saturated carbocycles. The Bertz CT molecular complexity index is 377. The van der Waals surface area contributed by atoms with Crippen LogP contribution in [0.3, 0.4) is 0 Å². The van der Waals surface area contributed by atoms with Gasteiger partial charge < -0.3 is 10.1 Å². The molecule has 0 heterocycles. The Morgan fingerprint density at radius 1 is 1.10 bits per heavy atom. The molecule has 0 aromatic heterocycles. The lowest BCUT2D eigenvalue weighted by Crippen LogP contribution is -2.34. The maximum absolute atomic E-state index is 5.22. The Kier molecular flexibility index (Phi) is 7.82. The zero-order chi connectivity index (χ0) is 15.0. The minimum absolute atomic E-state index is 0.512. The molecule has 0 unspecified atom stereocenters. The lowest BCUT2D eigenvalue weighted by Gasteiger charge is -2.27. The maximum Gasteiger partial charge on any atom is 0.0589 e. The van der Waals surface area contributed by atoms with Gasteiger partial charge >= 0.3 is 0 Å². The maximum atomic E-state index is 5.22. The largest absolute Gasteiger partial charge is 0.383 e. The van der Waals surface area contributed by atoms with E-state index in [4.69, 9.17) is 4.74 Å². The predicted octanol–water partition coefficient (Wildman–Crippen LogP) is 3.04. The monoisotopic (exact) mass is 278 g/mol. The molecule has 0 saturated heterocycles. The van der Waals surface area contributed by atoms with Crippen molar-refractivity contribution in [1.29, 1.82) is 0 Å². The van der Waals surface area contributed by atoms with Crippen LogP contribution < -0.4 is 5.32 Å². The minimum atomic E-state index is 0.512. The van der Waals surface area contributed by atoms with Gasteiger partial charge in [0.2, 0.25) is 0 Å². The summed E-state index contributed by atoms with van der Waals surface area (Å²) in [4.78, 5) is 2.46. The highest BCUT2D eigenvalue weighted by molar-refractivity contribution is 5.27. The zero-order valence-electron chi connectivity index (χ0n) is 13.6. The van der Waals surface area contributed by atoms with Crippen LogP contribution >= 0.6 is 0 Å². The van der Waals surface area contributed by atoms with Crippen molar-refractivity contribution in [2.45, 2.75) is 52.9 Å². The highest BCUT2D eigenvalue weighted by atomic mass is 16.5. The van der Waals surface area contributed by atoms with E-state index in [1.54, 1.807) is 7.11 Å². The van der Waals surface area contributed by atoms with E-state index >= 15 is 0 Å². The van der Waals surface area contributed by atoms with E-state index in [0.29, 0.717) is 12.1 Å². The van der Waals surface area contributed by atoms with Crippen molar-refractivity contribution in [3.63, 3.8) is 0 Å². The Hall–Kier alpha value is -0.900. The number of ether oxygens (including phenoxy) is 1. The van der Waals surface area contributed by atoms with Gasteiger partial charge in [0.15, 0.2) is 0 Å². The van der Waals surface area contributed by atoms with Crippen molar-refractivity contribution in [1.82, 2.24) is 10.2 Å². The standard InChI is InChI=1S/C17H30N2O/c1-14(2)18-12-16-8-6-7-9-17(16)13-19(15(3)4)10-11-20-5/h6-9,14-15,18H,10-13H2,1-5H3. The number of nitrogens with one attached hydrogen (secondary N) is 1. The van der Waals surface area contributed by atoms with E-state index in [0.717, 1.165) is 26.2 Å². The number of hydrogen-bond acceptors (Lipinski definition) is 3. The van der Waals surface area contributed by atoms with E-state index in [1.807, 2.05) is 0 Å². The van der Waals surface area contributed by atoms with Gasteiger partial charge in [-0.15, -0.1) is 0 Å². The third-order valence-corrected chi connectivity index (χ3v) is 3.51. The molecule has 0 radical (unpaired) electrons. The molecule has 1 rings (SSSR count). The van der Waals surface area contributed by atoms with Crippen LogP contribution in [-0.4, -0.2) is 37.2 Å². The molecule has 114 valence electrons. The van der Waals surface area contributed by atoms with Crippen molar-refractivity contribution in [2.75, 3.05) is 20.3 Å². The van der Waals surface area contributed by atoms with Gasteiger partial charge in [-0.1, -0.05) is 38.1 Å². The highest BCUT2D eigenvalue weighted by Gasteiger charge is 2.12. The van der Waals surface area contributed by atoms with Gasteiger partial charge in [-0.05, 0) is 25.0 Å². The Labute approximate surface area is 124 Å². The summed E-state index contributed by atoms with van der Waals surface area (Å²) in [6.45, 7) is 12.5. The summed E-state index contributed by atoms with van der Waals surface area (Å²) in [5.41, 5.74) is 2.80. The fraction of sp³-hybridized carbons (Fsp3) is 0.647. The number of methoxy groups -OCH3 is 1. The van der Waals surface area contributed by atoms with Crippen molar-refractivity contribution in [3.8, 4) is 0 Å². The molecule has 3 heteroatoms. The quantitative estimate of drug-likeness (QED) is 0.751. The van der Waals surface area contributed by atoms with Crippen LogP contribution in [0.4, 0.5) is 0 Å². The Balaban J connectivity index is 2.73. The van der Waals surface area contributed by atoms with Gasteiger partial charge in [-0.25, -0.2) is 0 Å². The Morgan fingerprint density at radius 2 is 1.75 bits per heavy atom. The molecule has 20 heavy (non-hydrogen) atoms. The summed E-state index contributed by atoms with van der Waals surface area (Å²) in [6.07, 6.45) is 0. The van der Waals surface area contributed by atoms with E-state index in [-0.39, 0.29) is 0 Å². The van der Waals surface area contributed by atoms with E-state index in [1.165, 1.54) is 11.1 Å². The van der Waals surface area contributed by atoms with Gasteiger partial charge in [0, 0.05) is 38.8 Å². The summed E-state index contributed by atoms with van der Waals surface area (Å²) < 4.78 is 5.22. The molecule has 0 aliphatic carbocycles. The second kappa shape index (κ2) is 9.11. The molecular formula is C17H30N2O. The zero-order valence-corrected chi connectivity index (χ0v) is 13.6. The van der Waals surface area contributed by atoms with E-state index < -0.39 is 0 Å². The van der Waals surface area contributed by atoms with Crippen molar-refractivity contribution in [2.24, 2.45) is 0 Å². The molecule has 1 N–H and O–H groups in total. The number of nitrogens with zero attached hydrogens (tertiary/aromatic N) is 1. The van der Waals surface area contributed by atoms with Crippen LogP contribution in [0.25, 0.3) is 0 Å². The molecule has 0 aliphatic rings. The van der Waals surface area contributed by atoms with Crippen LogP contribution in [0, 0.1) is 0 Å². The normalized spacial score (nSPS) is 11.8. The summed E-state index contributed by atoms with van der Waals surface area (Å²) in [7, 11) is 1.76. The first-order chi connectivity index (χ1) is 9.54. The average molecular weight is 278 g/mol. The summed E-state index contributed by atoms with van der Waals surface area (Å²) in [6, 6.07) is 9.74. The number of rotatable bonds is 9. The molecule has 1 aromatic carbocycles. The highest BCUT2D eigenvalue weighted by Crippen LogP contribution is 2.14. The fourth-order valence-corrected chi connectivity index (χ4v) is 2.15. The smallest absolute Gasteiger partial charge is 0.0589 e. The van der Waals surface area contributed by atoms with Crippen LogP contribution in [0.15, 0.2) is 24.3 Å². The molecule has 1 aromatic rings. The number of hydrogen-bond donors (Lipinski definition) is 1. The topological polar surface area (TPSA) is 24.5 Å². The van der Waals surface area contributed by atoms with Crippen molar-refractivity contribution in [3.05, 3.63) is 35.4 Å². The Morgan fingerprint density at radius 3 is 2.30 bits per heavy atom. The molecule has 0 fully saturated rings. The van der Waals surface area contributed by atoms with Gasteiger partial charge in [0.1, 0.15) is 0 Å². The molecule has 3 nitrogen and oxygen atoms in total. The van der Waals surface area contributed by atoms with E-state index in [2.05, 4.69) is 62.2 Å². The molecule has 0 bridgehead atoms. The number of benzene rings is 1. The van der Waals surface area contributed by atoms with Crippen LogP contribution in [0.5, 0.6) is 0 Å².